The van der Waals surface area contributed by atoms with E-state index in [1.54, 1.807) is 0 Å². The summed E-state index contributed by atoms with van der Waals surface area (Å²) in [5.41, 5.74) is -0.0408. The molecule has 1 aromatic rings. The van der Waals surface area contributed by atoms with Crippen molar-refractivity contribution >= 4 is 0 Å². The maximum atomic E-state index is 10.0. The minimum atomic E-state index is -2.58. The van der Waals surface area contributed by atoms with Gasteiger partial charge >= 0.3 is 0 Å². The molecule has 2 N–H and O–H groups in total. The number of aryl methyl sites for hydroxylation is 1. The highest BCUT2D eigenvalue weighted by atomic mass is 16.5. The van der Waals surface area contributed by atoms with E-state index in [-0.39, 0.29) is 17.9 Å². The number of aliphatic hydroxyl groups excluding tert-OH is 1. The van der Waals surface area contributed by atoms with Crippen LogP contribution in [-0.4, -0.2) is 44.0 Å². The summed E-state index contributed by atoms with van der Waals surface area (Å²) in [6.07, 6.45) is -4.14. The molecule has 0 bridgehead atoms. The van der Waals surface area contributed by atoms with Gasteiger partial charge in [0.2, 0.25) is 0 Å². The molecule has 0 aromatic heterocycles. The number of rotatable bonds is 9. The van der Waals surface area contributed by atoms with Crippen LogP contribution >= 0.6 is 0 Å². The standard InChI is InChI=1S/C15H25NO3/c1-12(2)16-10-14(17)11-19-15-6-4-13(5-7-15)8-9-18-3/h4-7,12,14,16-17H,8-11H2,1-3H3/i1D3,8D2,9D2,11D2. The van der Waals surface area contributed by atoms with Crippen molar-refractivity contribution in [2.24, 2.45) is 0 Å². The van der Waals surface area contributed by atoms with Crippen LogP contribution in [-0.2, 0) is 11.1 Å². The molecule has 4 heteroatoms. The topological polar surface area (TPSA) is 50.7 Å². The van der Waals surface area contributed by atoms with Crippen molar-refractivity contribution in [3.8, 4) is 5.75 Å². The lowest BCUT2D eigenvalue weighted by Gasteiger charge is -2.15. The molecule has 0 aliphatic heterocycles. The molecule has 0 aliphatic rings. The van der Waals surface area contributed by atoms with Crippen LogP contribution < -0.4 is 10.1 Å². The van der Waals surface area contributed by atoms with Crippen molar-refractivity contribution in [2.75, 3.05) is 26.8 Å². The second-order valence-corrected chi connectivity index (χ2v) is 3.82. The maximum absolute atomic E-state index is 10.0. The summed E-state index contributed by atoms with van der Waals surface area (Å²) in [7, 11) is 1.05. The average Bonchev–Trinajstić information content (AvgIpc) is 2.58. The largest absolute Gasteiger partial charge is 0.491 e. The van der Waals surface area contributed by atoms with Crippen molar-refractivity contribution in [2.45, 2.75) is 32.3 Å². The van der Waals surface area contributed by atoms with Gasteiger partial charge in [-0.1, -0.05) is 25.9 Å². The summed E-state index contributed by atoms with van der Waals surface area (Å²) >= 11 is 0. The Morgan fingerprint density at radius 1 is 1.42 bits per heavy atom. The van der Waals surface area contributed by atoms with E-state index in [0.717, 1.165) is 7.11 Å². The Bertz CT molecular complexity index is 635. The summed E-state index contributed by atoms with van der Waals surface area (Å²) in [5, 5.41) is 12.5. The Labute approximate surface area is 128 Å². The Balaban J connectivity index is 2.82. The molecule has 0 fully saturated rings. The Morgan fingerprint density at radius 2 is 2.16 bits per heavy atom. The number of methoxy groups -OCH3 is 1. The van der Waals surface area contributed by atoms with Crippen molar-refractivity contribution in [1.29, 1.82) is 0 Å². The predicted molar refractivity (Wildman–Crippen MR) is 76.7 cm³/mol. The molecule has 1 aromatic carbocycles. The fourth-order valence-electron chi connectivity index (χ4n) is 1.18. The molecule has 4 nitrogen and oxygen atoms in total. The summed E-state index contributed by atoms with van der Waals surface area (Å²) < 4.78 is 78.0. The lowest BCUT2D eigenvalue weighted by atomic mass is 10.1. The average molecular weight is 276 g/mol. The van der Waals surface area contributed by atoms with Crippen LogP contribution in [0.5, 0.6) is 5.75 Å². The van der Waals surface area contributed by atoms with Gasteiger partial charge in [-0.05, 0) is 24.1 Å². The molecule has 0 amide bonds. The van der Waals surface area contributed by atoms with Crippen molar-refractivity contribution in [3.05, 3.63) is 29.8 Å². The normalized spacial score (nSPS) is 24.1. The number of nitrogens with one attached hydrogen (secondary N) is 1. The van der Waals surface area contributed by atoms with Crippen molar-refractivity contribution < 1.29 is 26.9 Å². The molecule has 19 heavy (non-hydrogen) atoms. The highest BCUT2D eigenvalue weighted by Crippen LogP contribution is 2.12. The zero-order valence-electron chi connectivity index (χ0n) is 19.9. The van der Waals surface area contributed by atoms with Crippen molar-refractivity contribution in [1.82, 2.24) is 5.32 Å². The van der Waals surface area contributed by atoms with Gasteiger partial charge in [0.1, 0.15) is 18.4 Å². The third kappa shape index (κ3) is 7.15. The van der Waals surface area contributed by atoms with Gasteiger partial charge in [0.15, 0.2) is 0 Å². The summed E-state index contributed by atoms with van der Waals surface area (Å²) in [6.45, 7) is -6.40. The first kappa shape index (κ1) is 7.07. The van der Waals surface area contributed by atoms with Gasteiger partial charge in [-0.3, -0.25) is 0 Å². The molecule has 0 heterocycles. The second-order valence-electron chi connectivity index (χ2n) is 3.82. The van der Waals surface area contributed by atoms with Gasteiger partial charge in [0, 0.05) is 26.6 Å². The first-order chi connectivity index (χ1) is 12.5. The molecule has 0 radical (unpaired) electrons. The van der Waals surface area contributed by atoms with Crippen molar-refractivity contribution in [3.63, 3.8) is 0 Å². The number of benzene rings is 1. The fraction of sp³-hybridized carbons (Fsp3) is 0.600. The van der Waals surface area contributed by atoms with E-state index in [4.69, 9.17) is 17.1 Å². The van der Waals surface area contributed by atoms with Gasteiger partial charge in [0.25, 0.3) is 0 Å². The van der Waals surface area contributed by atoms with E-state index in [0.29, 0.717) is 0 Å². The third-order valence-corrected chi connectivity index (χ3v) is 2.08. The number of aliphatic hydroxyl groups is 1. The van der Waals surface area contributed by atoms with Gasteiger partial charge in [-0.15, -0.1) is 0 Å². The van der Waals surface area contributed by atoms with Crippen LogP contribution in [0.15, 0.2) is 24.3 Å². The van der Waals surface area contributed by atoms with Gasteiger partial charge in [0.05, 0.1) is 12.0 Å². The minimum Gasteiger partial charge on any atom is -0.491 e. The third-order valence-electron chi connectivity index (χ3n) is 2.08. The van der Waals surface area contributed by atoms with Crippen LogP contribution in [0, 0.1) is 0 Å². The molecule has 1 rings (SSSR count). The van der Waals surface area contributed by atoms with Crippen LogP contribution in [0.3, 0.4) is 0 Å². The fourth-order valence-corrected chi connectivity index (χ4v) is 1.18. The summed E-state index contributed by atoms with van der Waals surface area (Å²) in [4.78, 5) is 0. The van der Waals surface area contributed by atoms with E-state index >= 15 is 0 Å². The zero-order valence-corrected chi connectivity index (χ0v) is 10.9. The Hall–Kier alpha value is -1.10. The predicted octanol–water partition coefficient (Wildman–Crippen LogP) is 1.61. The van der Waals surface area contributed by atoms with Crippen LogP contribution in [0.2, 0.25) is 0 Å². The molecule has 2 atom stereocenters. The van der Waals surface area contributed by atoms with Crippen LogP contribution in [0.1, 0.15) is 31.7 Å². The highest BCUT2D eigenvalue weighted by Gasteiger charge is 2.05. The molecular formula is C15H25NO3. The Kier molecular flexibility index (Phi) is 3.31. The number of hydrogen-bond donors (Lipinski definition) is 2. The van der Waals surface area contributed by atoms with E-state index in [2.05, 4.69) is 10.1 Å². The smallest absolute Gasteiger partial charge is 0.119 e. The SMILES string of the molecule is [2H]C([2H])([2H])C(C)NCC(O)C([2H])([2H])Oc1ccc(C([2H])([2H])C([2H])([2H])OC)cc1. The lowest BCUT2D eigenvalue weighted by molar-refractivity contribution is 0.104. The molecule has 2 unspecified atom stereocenters. The summed E-state index contributed by atoms with van der Waals surface area (Å²) in [5.74, 6) is -0.0227. The monoisotopic (exact) mass is 276 g/mol. The quantitative estimate of drug-likeness (QED) is 0.719. The van der Waals surface area contributed by atoms with E-state index < -0.39 is 38.5 Å². The van der Waals surface area contributed by atoms with E-state index in [1.165, 1.54) is 31.2 Å². The molecular weight excluding hydrogens is 242 g/mol. The first-order valence-corrected chi connectivity index (χ1v) is 5.81. The molecule has 108 valence electrons. The molecule has 0 aliphatic carbocycles. The maximum Gasteiger partial charge on any atom is 0.119 e. The lowest BCUT2D eigenvalue weighted by Crippen LogP contribution is -2.35. The van der Waals surface area contributed by atoms with Gasteiger partial charge in [-0.2, -0.15) is 0 Å². The zero-order chi connectivity index (χ0) is 22.0. The van der Waals surface area contributed by atoms with E-state index in [1.807, 2.05) is 0 Å². The second kappa shape index (κ2) is 8.91. The van der Waals surface area contributed by atoms with E-state index in [9.17, 15) is 5.11 Å². The number of hydrogen-bond acceptors (Lipinski definition) is 4. The Morgan fingerprint density at radius 3 is 2.79 bits per heavy atom. The van der Waals surface area contributed by atoms with Crippen LogP contribution in [0.25, 0.3) is 0 Å². The molecule has 0 saturated carbocycles. The van der Waals surface area contributed by atoms with Crippen LogP contribution in [0.4, 0.5) is 0 Å². The number of ether oxygens (including phenoxy) is 2. The highest BCUT2D eigenvalue weighted by molar-refractivity contribution is 5.27. The molecule has 0 spiro atoms. The van der Waals surface area contributed by atoms with Gasteiger partial charge < -0.3 is 19.9 Å². The van der Waals surface area contributed by atoms with Gasteiger partial charge in [-0.25, -0.2) is 0 Å². The first-order valence-electron chi connectivity index (χ1n) is 10.3. The minimum absolute atomic E-state index is 0.0227. The molecule has 0 saturated heterocycles. The summed E-state index contributed by atoms with van der Waals surface area (Å²) in [6, 6.07) is 3.98.